The number of carbonyl (C=O) groups is 5. The number of ketones is 1. The number of aromatic amines is 1. The number of amides is 4. The van der Waals surface area contributed by atoms with Gasteiger partial charge in [0.25, 0.3) is 5.91 Å². The SMILES string of the molecule is C=CC(=O)[C@H](C[C@@H]1CCNC1=O)NC(=O)[C@H]1N(C(=O)[C@H](CC(C)C)NC(=O)c2cc3c(F)cccc3[nH]2)C[C@@H](C)C1(C)C.CC.CC. The van der Waals surface area contributed by atoms with E-state index in [1.54, 1.807) is 6.07 Å². The zero-order valence-electron chi connectivity index (χ0n) is 29.5. The van der Waals surface area contributed by atoms with Crippen molar-refractivity contribution in [2.45, 2.75) is 99.7 Å². The molecule has 4 rings (SSSR count). The molecule has 2 aliphatic rings. The number of hydrogen-bond donors (Lipinski definition) is 4. The Hall–Kier alpha value is -4.02. The Labute approximate surface area is 278 Å². The van der Waals surface area contributed by atoms with Crippen molar-refractivity contribution in [1.29, 1.82) is 0 Å². The number of hydrogen-bond acceptors (Lipinski definition) is 5. The molecule has 11 heteroatoms. The second-order valence-corrected chi connectivity index (χ2v) is 12.8. The zero-order chi connectivity index (χ0) is 35.6. The molecule has 2 aromatic rings. The largest absolute Gasteiger partial charge is 0.356 e. The number of fused-ring (bicyclic) bond motifs is 1. The number of aromatic nitrogens is 1. The Kier molecular flexibility index (Phi) is 14.3. The van der Waals surface area contributed by atoms with Gasteiger partial charge in [0.15, 0.2) is 5.78 Å². The lowest BCUT2D eigenvalue weighted by atomic mass is 9.77. The average molecular weight is 656 g/mol. The van der Waals surface area contributed by atoms with E-state index >= 15 is 0 Å². The summed E-state index contributed by atoms with van der Waals surface area (Å²) in [5.74, 6) is -2.96. The second kappa shape index (κ2) is 17.2. The van der Waals surface area contributed by atoms with Gasteiger partial charge in [-0.3, -0.25) is 24.0 Å². The van der Waals surface area contributed by atoms with Crippen molar-refractivity contribution in [3.05, 3.63) is 48.4 Å². The fraction of sp³-hybridized carbons (Fsp3) is 0.583. The third-order valence-corrected chi connectivity index (χ3v) is 9.00. The first-order valence-electron chi connectivity index (χ1n) is 16.9. The summed E-state index contributed by atoms with van der Waals surface area (Å²) in [4.78, 5) is 70.7. The molecule has 4 amide bonds. The monoisotopic (exact) mass is 655 g/mol. The van der Waals surface area contributed by atoms with Crippen LogP contribution >= 0.6 is 0 Å². The Balaban J connectivity index is 0.00000185. The molecule has 4 N–H and O–H groups in total. The first-order valence-corrected chi connectivity index (χ1v) is 16.9. The van der Waals surface area contributed by atoms with Crippen LogP contribution in [0.5, 0.6) is 0 Å². The van der Waals surface area contributed by atoms with Crippen LogP contribution in [0.15, 0.2) is 36.9 Å². The molecule has 1 aromatic carbocycles. The van der Waals surface area contributed by atoms with Crippen molar-refractivity contribution < 1.29 is 28.4 Å². The molecule has 1 aromatic heterocycles. The average Bonchev–Trinajstić information content (AvgIpc) is 3.73. The molecule has 3 heterocycles. The van der Waals surface area contributed by atoms with E-state index in [-0.39, 0.29) is 41.8 Å². The number of nitrogens with one attached hydrogen (secondary N) is 4. The molecule has 5 atom stereocenters. The number of nitrogens with zero attached hydrogens (tertiary/aromatic N) is 1. The molecule has 0 spiro atoms. The highest BCUT2D eigenvalue weighted by atomic mass is 19.1. The number of halogens is 1. The molecule has 2 saturated heterocycles. The van der Waals surface area contributed by atoms with Crippen molar-refractivity contribution >= 4 is 40.3 Å². The van der Waals surface area contributed by atoms with Gasteiger partial charge in [-0.1, -0.05) is 75.0 Å². The second-order valence-electron chi connectivity index (χ2n) is 12.8. The predicted molar refractivity (Wildman–Crippen MR) is 183 cm³/mol. The number of likely N-dealkylation sites (tertiary alicyclic amines) is 1. The summed E-state index contributed by atoms with van der Waals surface area (Å²) in [5, 5.41) is 8.66. The Morgan fingerprint density at radius 1 is 1.11 bits per heavy atom. The van der Waals surface area contributed by atoms with Gasteiger partial charge in [0.05, 0.1) is 6.04 Å². The minimum atomic E-state index is -0.962. The third-order valence-electron chi connectivity index (χ3n) is 9.00. The van der Waals surface area contributed by atoms with Crippen LogP contribution in [0.2, 0.25) is 0 Å². The predicted octanol–water partition coefficient (Wildman–Crippen LogP) is 5.14. The molecule has 0 unspecified atom stereocenters. The highest BCUT2D eigenvalue weighted by Crippen LogP contribution is 2.41. The zero-order valence-corrected chi connectivity index (χ0v) is 29.5. The van der Waals surface area contributed by atoms with Crippen LogP contribution in [-0.4, -0.2) is 70.5 Å². The maximum absolute atomic E-state index is 14.3. The van der Waals surface area contributed by atoms with E-state index in [9.17, 15) is 28.4 Å². The quantitative estimate of drug-likeness (QED) is 0.248. The van der Waals surface area contributed by atoms with E-state index in [2.05, 4.69) is 27.5 Å². The molecule has 0 bridgehead atoms. The van der Waals surface area contributed by atoms with Gasteiger partial charge in [-0.2, -0.15) is 0 Å². The highest BCUT2D eigenvalue weighted by molar-refractivity contribution is 6.02. The van der Waals surface area contributed by atoms with Gasteiger partial charge in [-0.25, -0.2) is 4.39 Å². The van der Waals surface area contributed by atoms with Crippen molar-refractivity contribution in [2.75, 3.05) is 13.1 Å². The maximum Gasteiger partial charge on any atom is 0.268 e. The molecular formula is C36H54FN5O5. The van der Waals surface area contributed by atoms with Crippen LogP contribution in [0.3, 0.4) is 0 Å². The summed E-state index contributed by atoms with van der Waals surface area (Å²) < 4.78 is 14.3. The first kappa shape index (κ1) is 39.2. The molecule has 0 radical (unpaired) electrons. The summed E-state index contributed by atoms with van der Waals surface area (Å²) in [5.41, 5.74) is -0.0804. The van der Waals surface area contributed by atoms with E-state index in [4.69, 9.17) is 0 Å². The van der Waals surface area contributed by atoms with Crippen molar-refractivity contribution in [1.82, 2.24) is 25.8 Å². The molecule has 10 nitrogen and oxygen atoms in total. The van der Waals surface area contributed by atoms with Crippen LogP contribution in [0.25, 0.3) is 10.9 Å². The van der Waals surface area contributed by atoms with Crippen LogP contribution in [0.4, 0.5) is 4.39 Å². The van der Waals surface area contributed by atoms with Crippen LogP contribution in [0.1, 0.15) is 92.1 Å². The minimum Gasteiger partial charge on any atom is -0.356 e. The number of rotatable bonds is 11. The van der Waals surface area contributed by atoms with Gasteiger partial charge in [0.2, 0.25) is 17.7 Å². The van der Waals surface area contributed by atoms with Crippen LogP contribution < -0.4 is 16.0 Å². The number of carbonyl (C=O) groups excluding carboxylic acids is 5. The standard InChI is InChI=1S/C32H42FN5O5.2C2H6/c1-7-26(39)23(14-19-11-12-34-28(19)40)36-30(42)27-32(5,6)18(4)16-38(27)31(43)25(13-17(2)3)37-29(41)24-15-20-21(33)9-8-10-22(20)35-24;2*1-2/h7-10,15,17-19,23,25,27,35H,1,11-14,16H2,2-6H3,(H,34,40)(H,36,42)(H,37,41);2*1-2H3/t18-,19+,23+,25+,27-;;/m1../s1. The maximum atomic E-state index is 14.3. The summed E-state index contributed by atoms with van der Waals surface area (Å²) in [6, 6.07) is 3.07. The summed E-state index contributed by atoms with van der Waals surface area (Å²) in [6.07, 6.45) is 2.14. The van der Waals surface area contributed by atoms with Crippen molar-refractivity contribution in [3.8, 4) is 0 Å². The van der Waals surface area contributed by atoms with E-state index in [0.29, 0.717) is 24.9 Å². The highest BCUT2D eigenvalue weighted by Gasteiger charge is 2.53. The normalized spacial score (nSPS) is 21.0. The fourth-order valence-corrected chi connectivity index (χ4v) is 6.17. The molecule has 0 aliphatic carbocycles. The van der Waals surface area contributed by atoms with E-state index in [1.807, 2.05) is 62.3 Å². The molecule has 2 aliphatic heterocycles. The number of benzene rings is 1. The smallest absolute Gasteiger partial charge is 0.268 e. The van der Waals surface area contributed by atoms with Gasteiger partial charge in [0, 0.05) is 29.9 Å². The lowest BCUT2D eigenvalue weighted by Crippen LogP contribution is -2.58. The van der Waals surface area contributed by atoms with Crippen molar-refractivity contribution in [3.63, 3.8) is 0 Å². The topological polar surface area (TPSA) is 140 Å². The first-order chi connectivity index (χ1) is 22.2. The molecule has 0 saturated carbocycles. The lowest BCUT2D eigenvalue weighted by Gasteiger charge is -2.35. The van der Waals surface area contributed by atoms with Gasteiger partial charge in [-0.15, -0.1) is 0 Å². The number of H-pyrrole nitrogens is 1. The Morgan fingerprint density at radius 3 is 2.32 bits per heavy atom. The van der Waals surface area contributed by atoms with Gasteiger partial charge in [-0.05, 0) is 60.8 Å². The molecule has 260 valence electrons. The van der Waals surface area contributed by atoms with E-state index in [1.165, 1.54) is 23.1 Å². The Bertz CT molecular complexity index is 1430. The van der Waals surface area contributed by atoms with Gasteiger partial charge >= 0.3 is 0 Å². The lowest BCUT2D eigenvalue weighted by molar-refractivity contribution is -0.143. The van der Waals surface area contributed by atoms with E-state index < -0.39 is 58.8 Å². The molecule has 47 heavy (non-hydrogen) atoms. The Morgan fingerprint density at radius 2 is 1.77 bits per heavy atom. The molecule has 2 fully saturated rings. The fourth-order valence-electron chi connectivity index (χ4n) is 6.17. The van der Waals surface area contributed by atoms with Gasteiger partial charge in [0.1, 0.15) is 23.6 Å². The summed E-state index contributed by atoms with van der Waals surface area (Å²) >= 11 is 0. The van der Waals surface area contributed by atoms with Crippen LogP contribution in [0, 0.1) is 29.0 Å². The summed E-state index contributed by atoms with van der Waals surface area (Å²) in [6.45, 7) is 22.0. The van der Waals surface area contributed by atoms with Gasteiger partial charge < -0.3 is 25.8 Å². The van der Waals surface area contributed by atoms with E-state index in [0.717, 1.165) is 6.08 Å². The minimum absolute atomic E-state index is 0.0295. The molecular weight excluding hydrogens is 601 g/mol. The van der Waals surface area contributed by atoms with Crippen molar-refractivity contribution in [2.24, 2.45) is 23.2 Å². The third kappa shape index (κ3) is 9.08. The van der Waals surface area contributed by atoms with Crippen LogP contribution in [-0.2, 0) is 19.2 Å². The summed E-state index contributed by atoms with van der Waals surface area (Å²) in [7, 11) is 0.